The number of amides is 1. The maximum absolute atomic E-state index is 13.0. The van der Waals surface area contributed by atoms with Gasteiger partial charge in [-0.15, -0.1) is 0 Å². The van der Waals surface area contributed by atoms with Crippen molar-refractivity contribution in [3.63, 3.8) is 0 Å². The summed E-state index contributed by atoms with van der Waals surface area (Å²) in [4.78, 5) is 13.6. The summed E-state index contributed by atoms with van der Waals surface area (Å²) >= 11 is 11.9. The van der Waals surface area contributed by atoms with Gasteiger partial charge in [0.15, 0.2) is 9.84 Å². The number of sulfone groups is 1. The fraction of sp³-hybridized carbons (Fsp3) is 0.225. The van der Waals surface area contributed by atoms with E-state index in [9.17, 15) is 51.3 Å². The SMILES string of the molecule is Cc1cc2c(cc1S(N)(=O)=O)S(=O)(=O)CCC2.Cc1ccccc1N1C(=O)c2cc(S(N)(=O)=O)c(Cl)cc2NC1C.NS(=O)(=O)c1cc2c(cc1Cl)NC(Cc1ccc(F)cc1)NS2(=O)=O. The third-order valence-corrected chi connectivity index (χ3v) is 17.6. The van der Waals surface area contributed by atoms with Crippen molar-refractivity contribution in [3.05, 3.63) is 129 Å². The molecule has 66 heavy (non-hydrogen) atoms. The fourth-order valence-electron chi connectivity index (χ4n) is 7.40. The van der Waals surface area contributed by atoms with Crippen LogP contribution in [-0.2, 0) is 62.8 Å². The number of fused-ring (bicyclic) bond motifs is 3. The van der Waals surface area contributed by atoms with Crippen molar-refractivity contribution in [1.29, 1.82) is 0 Å². The molecule has 1 amide bonds. The van der Waals surface area contributed by atoms with Gasteiger partial charge in [0.05, 0.1) is 48.7 Å². The molecule has 2 unspecified atom stereocenters. The number of carbonyl (C=O) groups is 1. The smallest absolute Gasteiger partial charge is 0.262 e. The Labute approximate surface area is 391 Å². The minimum absolute atomic E-state index is 0.0203. The fourth-order valence-corrected chi connectivity index (χ4v) is 13.5. The molecule has 2 atom stereocenters. The van der Waals surface area contributed by atoms with Crippen LogP contribution in [0.2, 0.25) is 10.0 Å². The molecule has 3 aliphatic heterocycles. The summed E-state index contributed by atoms with van der Waals surface area (Å²) in [6.07, 6.45) is 0.443. The lowest BCUT2D eigenvalue weighted by atomic mass is 10.1. The summed E-state index contributed by atoms with van der Waals surface area (Å²) in [6.45, 7) is 5.36. The van der Waals surface area contributed by atoms with Gasteiger partial charge in [0.25, 0.3) is 5.91 Å². The maximum atomic E-state index is 13.0. The second-order valence-corrected chi connectivity index (χ2v) is 24.5. The largest absolute Gasteiger partial charge is 0.367 e. The van der Waals surface area contributed by atoms with Crippen molar-refractivity contribution in [2.75, 3.05) is 21.3 Å². The summed E-state index contributed by atoms with van der Waals surface area (Å²) in [7, 11) is -19.4. The third kappa shape index (κ3) is 11.2. The van der Waals surface area contributed by atoms with Crippen LogP contribution in [-0.4, -0.2) is 66.1 Å². The highest BCUT2D eigenvalue weighted by atomic mass is 35.5. The molecule has 5 aromatic carbocycles. The Morgan fingerprint density at radius 1 is 0.727 bits per heavy atom. The molecule has 0 radical (unpaired) electrons. The average Bonchev–Trinajstić information content (AvgIpc) is 3.17. The van der Waals surface area contributed by atoms with Crippen LogP contribution in [0.3, 0.4) is 0 Å². The zero-order valence-corrected chi connectivity index (χ0v) is 40.5. The molecule has 26 heteroatoms. The summed E-state index contributed by atoms with van der Waals surface area (Å²) in [6, 6.07) is 20.6. The number of nitrogens with two attached hydrogens (primary N) is 3. The molecule has 3 aliphatic rings. The van der Waals surface area contributed by atoms with Crippen molar-refractivity contribution in [2.45, 2.75) is 76.8 Å². The number of rotatable bonds is 6. The van der Waals surface area contributed by atoms with Gasteiger partial charge in [0.1, 0.15) is 26.7 Å². The maximum Gasteiger partial charge on any atom is 0.262 e. The van der Waals surface area contributed by atoms with E-state index in [4.69, 9.17) is 38.6 Å². The van der Waals surface area contributed by atoms with Crippen molar-refractivity contribution in [3.8, 4) is 0 Å². The summed E-state index contributed by atoms with van der Waals surface area (Å²) in [5, 5.41) is 21.2. The van der Waals surface area contributed by atoms with Gasteiger partial charge < -0.3 is 10.6 Å². The Morgan fingerprint density at radius 3 is 1.88 bits per heavy atom. The number of nitrogens with one attached hydrogen (secondary N) is 3. The van der Waals surface area contributed by atoms with E-state index in [0.717, 1.165) is 17.3 Å². The zero-order chi connectivity index (χ0) is 48.9. The van der Waals surface area contributed by atoms with E-state index in [1.165, 1.54) is 48.5 Å². The van der Waals surface area contributed by atoms with E-state index in [-0.39, 0.29) is 65.1 Å². The first-order valence-corrected chi connectivity index (χ1v) is 27.8. The van der Waals surface area contributed by atoms with Crippen molar-refractivity contribution >= 4 is 96.1 Å². The van der Waals surface area contributed by atoms with E-state index in [2.05, 4.69) is 15.4 Å². The molecule has 0 spiro atoms. The lowest BCUT2D eigenvalue weighted by Crippen LogP contribution is -2.47. The number of benzene rings is 5. The summed E-state index contributed by atoms with van der Waals surface area (Å²) < 4.78 is 133. The van der Waals surface area contributed by atoms with E-state index in [0.29, 0.717) is 35.2 Å². The Balaban J connectivity index is 0.000000167. The highest BCUT2D eigenvalue weighted by molar-refractivity contribution is 7.92. The Kier molecular flexibility index (Phi) is 14.4. The number of primary sulfonamides is 3. The number of anilines is 3. The van der Waals surface area contributed by atoms with Crippen LogP contribution in [0.25, 0.3) is 0 Å². The normalized spacial score (nSPS) is 18.4. The van der Waals surface area contributed by atoms with E-state index in [1.807, 2.05) is 38.1 Å². The monoisotopic (exact) mass is 1050 g/mol. The topological polar surface area (TPSA) is 305 Å². The molecule has 0 aromatic heterocycles. The zero-order valence-electron chi connectivity index (χ0n) is 34.9. The van der Waals surface area contributed by atoms with Gasteiger partial charge in [0, 0.05) is 12.1 Å². The Hall–Kier alpha value is -4.73. The lowest BCUT2D eigenvalue weighted by Gasteiger charge is -2.37. The van der Waals surface area contributed by atoms with Crippen LogP contribution in [0, 0.1) is 19.7 Å². The molecule has 0 saturated heterocycles. The number of sulfonamides is 4. The lowest BCUT2D eigenvalue weighted by molar-refractivity contribution is 0.0976. The molecule has 0 bridgehead atoms. The number of halogens is 3. The first-order chi connectivity index (χ1) is 30.5. The number of nitrogens with zero attached hydrogens (tertiary/aromatic N) is 1. The quantitative estimate of drug-likeness (QED) is 0.137. The standard InChI is InChI=1S/C16H16ClN3O3S.C14H13ClFN3O4S2.C10H13NO4S2/c1-9-5-3-4-6-14(9)20-10(2)19-13-8-12(17)15(24(18,22)23)7-11(13)16(20)21;15-10-6-11-13(7-12(10)24(17,20)21)25(22,23)19-14(18-11)5-8-1-3-9(16)4-2-8;1-7-5-8-3-2-4-16(12,13)10(8)6-9(7)17(11,14)15/h3-8,10,19H,1-2H3,(H2,18,22,23);1-4,6-7,14,18-19H,5H2,(H2,17,20,21);5-6H,2-4H2,1H3,(H2,11,14,15). The highest BCUT2D eigenvalue weighted by Gasteiger charge is 2.34. The van der Waals surface area contributed by atoms with Gasteiger partial charge >= 0.3 is 0 Å². The van der Waals surface area contributed by atoms with Crippen LogP contribution in [0.15, 0.2) is 109 Å². The van der Waals surface area contributed by atoms with Gasteiger partial charge in [0.2, 0.25) is 40.1 Å². The number of hydrogen-bond acceptors (Lipinski definition) is 13. The average molecular weight is 1050 g/mol. The van der Waals surface area contributed by atoms with E-state index >= 15 is 0 Å². The van der Waals surface area contributed by atoms with Gasteiger partial charge in [-0.2, -0.15) is 4.72 Å². The Morgan fingerprint density at radius 2 is 1.29 bits per heavy atom. The first kappa shape index (κ1) is 50.7. The first-order valence-electron chi connectivity index (χ1n) is 19.3. The highest BCUT2D eigenvalue weighted by Crippen LogP contribution is 2.37. The van der Waals surface area contributed by atoms with Crippen LogP contribution in [0.5, 0.6) is 0 Å². The summed E-state index contributed by atoms with van der Waals surface area (Å²) in [5.41, 5.74) is 4.41. The molecule has 18 nitrogen and oxygen atoms in total. The predicted octanol–water partition coefficient (Wildman–Crippen LogP) is 4.48. The van der Waals surface area contributed by atoms with Crippen LogP contribution >= 0.6 is 23.2 Å². The number of carbonyl (C=O) groups excluding carboxylic acids is 1. The second-order valence-electron chi connectivity index (χ2n) is 15.3. The van der Waals surface area contributed by atoms with Crippen molar-refractivity contribution in [1.82, 2.24) is 4.72 Å². The van der Waals surface area contributed by atoms with Crippen LogP contribution in [0.1, 0.15) is 46.0 Å². The molecule has 0 aliphatic carbocycles. The minimum atomic E-state index is -4.17. The number of aryl methyl sites for hydroxylation is 3. The second kappa shape index (κ2) is 18.7. The number of para-hydroxylation sites is 1. The third-order valence-electron chi connectivity index (χ3n) is 10.4. The number of hydrogen-bond donors (Lipinski definition) is 6. The molecule has 9 N–H and O–H groups in total. The van der Waals surface area contributed by atoms with Gasteiger partial charge in [-0.25, -0.2) is 61.9 Å². The molecule has 0 fully saturated rings. The molecule has 354 valence electrons. The molecule has 8 rings (SSSR count). The van der Waals surface area contributed by atoms with E-state index < -0.39 is 66.8 Å². The van der Waals surface area contributed by atoms with Crippen LogP contribution in [0.4, 0.5) is 21.5 Å². The van der Waals surface area contributed by atoms with E-state index in [1.54, 1.807) is 17.9 Å². The molecular formula is C40H42Cl2FN7O11S5. The Bertz CT molecular complexity index is 3370. The van der Waals surface area contributed by atoms with Gasteiger partial charge in [-0.1, -0.05) is 59.6 Å². The van der Waals surface area contributed by atoms with Crippen molar-refractivity contribution < 1.29 is 51.3 Å². The molecular weight excluding hydrogens is 1000 g/mol. The molecule has 0 saturated carbocycles. The minimum Gasteiger partial charge on any atom is -0.367 e. The predicted molar refractivity (Wildman–Crippen MR) is 247 cm³/mol. The van der Waals surface area contributed by atoms with Crippen molar-refractivity contribution in [2.24, 2.45) is 15.4 Å². The van der Waals surface area contributed by atoms with Gasteiger partial charge in [-0.3, -0.25) is 9.69 Å². The van der Waals surface area contributed by atoms with Gasteiger partial charge in [-0.05, 0) is 104 Å². The molecule has 5 aromatic rings. The molecule has 3 heterocycles. The van der Waals surface area contributed by atoms with Crippen LogP contribution < -0.4 is 35.7 Å². The summed E-state index contributed by atoms with van der Waals surface area (Å²) in [5.74, 6) is -0.645.